The molecule has 0 amide bonds. The van der Waals surface area contributed by atoms with Gasteiger partial charge in [-0.2, -0.15) is 5.54 Å². The van der Waals surface area contributed by atoms with Gasteiger partial charge in [-0.3, -0.25) is 0 Å². The van der Waals surface area contributed by atoms with E-state index in [9.17, 15) is 13.3 Å². The van der Waals surface area contributed by atoms with E-state index < -0.39 is 12.3 Å². The van der Waals surface area contributed by atoms with Gasteiger partial charge in [0, 0.05) is 90.0 Å². The Labute approximate surface area is 530 Å². The fourth-order valence-corrected chi connectivity index (χ4v) is 11.2. The van der Waals surface area contributed by atoms with Gasteiger partial charge in [0.25, 0.3) is 0 Å². The number of allylic oxidation sites excluding steroid dienone is 4. The van der Waals surface area contributed by atoms with Gasteiger partial charge in [0.2, 0.25) is 0 Å². The Hall–Kier alpha value is 1.39. The molecule has 1 N–H and O–H groups in total. The van der Waals surface area contributed by atoms with Crippen molar-refractivity contribution in [1.82, 2.24) is 5.54 Å². The summed E-state index contributed by atoms with van der Waals surface area (Å²) < 4.78 is 57.2. The van der Waals surface area contributed by atoms with Gasteiger partial charge in [0.05, 0.1) is 65.7 Å². The number of hydrogen-bond acceptors (Lipinski definition) is 13. The zero-order valence-electron chi connectivity index (χ0n) is 45.4. The monoisotopic (exact) mass is 1620 g/mol. The highest BCUT2D eigenvalue weighted by atomic mass is 128. The zero-order valence-corrected chi connectivity index (χ0v) is 58.7. The van der Waals surface area contributed by atoms with E-state index >= 15 is 0 Å². The van der Waals surface area contributed by atoms with Gasteiger partial charge in [-0.15, -0.1) is 4.48 Å². The van der Waals surface area contributed by atoms with Crippen LogP contribution in [0, 0.1) is 29.6 Å². The van der Waals surface area contributed by atoms with Crippen LogP contribution in [0.15, 0.2) is 24.3 Å². The third-order valence-corrected chi connectivity index (χ3v) is 15.3. The Balaban J connectivity index is -0.0000000823. The summed E-state index contributed by atoms with van der Waals surface area (Å²) in [4.78, 5) is 64.0. The Morgan fingerprint density at radius 2 is 0.662 bits per heavy atom. The van der Waals surface area contributed by atoms with Crippen molar-refractivity contribution in [1.29, 1.82) is 0 Å². The molecule has 6 aliphatic rings. The number of alkyl halides is 4. The fourth-order valence-electron chi connectivity index (χ4n) is 8.03. The molecule has 13 nitrogen and oxygen atoms in total. The van der Waals surface area contributed by atoms with E-state index in [4.69, 9.17) is 95.7 Å². The lowest BCUT2D eigenvalue weighted by Crippen LogP contribution is -2.09. The molecule has 29 heteroatoms. The second-order valence-electron chi connectivity index (χ2n) is 16.6. The Kier molecular flexibility index (Phi) is 112. The van der Waals surface area contributed by atoms with Crippen molar-refractivity contribution in [3.8, 4) is 0 Å². The van der Waals surface area contributed by atoms with Gasteiger partial charge in [0.1, 0.15) is 66.7 Å². The van der Waals surface area contributed by atoms with Crippen LogP contribution in [0.4, 0.5) is 13.3 Å². The molecular formula is C48H89B5F3I4NO12P4. The van der Waals surface area contributed by atoms with E-state index in [-0.39, 0.29) is 17.7 Å². The van der Waals surface area contributed by atoms with Crippen LogP contribution in [0.5, 0.6) is 0 Å². The second kappa shape index (κ2) is 86.2. The van der Waals surface area contributed by atoms with Crippen molar-refractivity contribution in [2.24, 2.45) is 29.6 Å². The van der Waals surface area contributed by atoms with Gasteiger partial charge in [-0.25, -0.2) is 8.78 Å². The molecular weight excluding hydrogens is 1530 g/mol. The molecule has 4 fully saturated rings. The highest BCUT2D eigenvalue weighted by molar-refractivity contribution is 15.0. The average Bonchev–Trinajstić information content (AvgIpc) is 4.36. The highest BCUT2D eigenvalue weighted by Gasteiger charge is 2.32. The van der Waals surface area contributed by atoms with Crippen molar-refractivity contribution >= 4 is 214 Å². The minimum absolute atomic E-state index is 0.0690. The normalized spacial score (nSPS) is 25.9. The number of nitrogens with one attached hydrogen (secondary N) is 1. The van der Waals surface area contributed by atoms with Crippen LogP contribution in [0.3, 0.4) is 0 Å². The lowest BCUT2D eigenvalue weighted by Gasteiger charge is -2.12. The molecule has 0 aromatic rings. The molecule has 442 valence electrons. The van der Waals surface area contributed by atoms with Gasteiger partial charge < -0.3 is 56.5 Å². The summed E-state index contributed by atoms with van der Waals surface area (Å²) in [7, 11) is 38.4. The lowest BCUT2D eigenvalue weighted by molar-refractivity contribution is -0.0987. The summed E-state index contributed by atoms with van der Waals surface area (Å²) in [5.74, 6) is 4.33. The zero-order chi connectivity index (χ0) is 62.6. The second-order valence-corrected chi connectivity index (χ2v) is 21.1. The maximum absolute atomic E-state index is 13.1. The molecule has 77 heavy (non-hydrogen) atoms. The summed E-state index contributed by atoms with van der Waals surface area (Å²) in [6, 6.07) is 0. The molecule has 6 aliphatic carbocycles. The summed E-state index contributed by atoms with van der Waals surface area (Å²) in [5, 5.41) is 0. The van der Waals surface area contributed by atoms with Gasteiger partial charge >= 0.3 is 0 Å². The quantitative estimate of drug-likeness (QED) is 0.0486. The molecule has 0 aromatic carbocycles. The maximum atomic E-state index is 13.1. The van der Waals surface area contributed by atoms with Gasteiger partial charge in [-0.05, 0) is 113 Å². The van der Waals surface area contributed by atoms with E-state index in [0.29, 0.717) is 48.8 Å². The maximum Gasteiger partial charge on any atom is 0.106 e. The summed E-state index contributed by atoms with van der Waals surface area (Å²) in [6.07, 6.45) is 23.4. The first-order valence-corrected chi connectivity index (χ1v) is 34.4. The molecule has 0 spiro atoms. The van der Waals surface area contributed by atoms with Crippen molar-refractivity contribution < 1.29 is 69.7 Å². The van der Waals surface area contributed by atoms with Crippen LogP contribution in [0.25, 0.3) is 0 Å². The van der Waals surface area contributed by atoms with Crippen LogP contribution < -0.4 is 5.54 Å². The summed E-state index contributed by atoms with van der Waals surface area (Å²) >= 11 is 9.25. The number of carbonyl (C=O) groups is 8. The van der Waals surface area contributed by atoms with E-state index in [2.05, 4.69) is 152 Å². The van der Waals surface area contributed by atoms with Crippen LogP contribution in [-0.4, -0.2) is 147 Å². The first-order chi connectivity index (χ1) is 37.1. The molecule has 0 bridgehead atoms. The molecule has 6 rings (SSSR count). The third kappa shape index (κ3) is 69.8. The van der Waals surface area contributed by atoms with E-state index in [1.54, 1.807) is 0 Å². The number of hydrogen-bond donors (Lipinski definition) is 1. The molecule has 0 heterocycles. The molecule has 16 atom stereocenters. The van der Waals surface area contributed by atoms with Gasteiger partial charge in [0.15, 0.2) is 0 Å². The van der Waals surface area contributed by atoms with Crippen LogP contribution in [0.1, 0.15) is 110 Å². The Bertz CT molecular complexity index is 1050. The summed E-state index contributed by atoms with van der Waals surface area (Å²) in [5.41, 5.74) is 1.25. The molecule has 16 unspecified atom stereocenters. The average molecular weight is 1610 g/mol. The van der Waals surface area contributed by atoms with Crippen molar-refractivity contribution in [3.05, 3.63) is 24.3 Å². The number of carbonyl (C=O) groups excluding carboxylic acids is 8. The smallest absolute Gasteiger partial charge is 0.106 e. The van der Waals surface area contributed by atoms with E-state index in [0.717, 1.165) is 104 Å². The van der Waals surface area contributed by atoms with Gasteiger partial charge in [-0.1, -0.05) is 125 Å². The number of rotatable bonds is 12. The van der Waals surface area contributed by atoms with E-state index in [1.165, 1.54) is 38.3 Å². The Morgan fingerprint density at radius 1 is 0.442 bits per heavy atom. The largest absolute Gasteiger partial charge is 0.366 e. The predicted molar refractivity (Wildman–Crippen MR) is 366 cm³/mol. The first-order valence-electron chi connectivity index (χ1n) is 23.8. The first kappa shape index (κ1) is 100. The van der Waals surface area contributed by atoms with Crippen LogP contribution in [-0.2, 0) is 56.5 Å². The van der Waals surface area contributed by atoms with Crippen molar-refractivity contribution in [2.45, 2.75) is 159 Å². The van der Waals surface area contributed by atoms with Crippen molar-refractivity contribution in [2.75, 3.05) is 33.5 Å². The highest BCUT2D eigenvalue weighted by Crippen LogP contribution is 2.41. The third-order valence-electron chi connectivity index (χ3n) is 11.3. The topological polar surface area (TPSA) is 186 Å². The molecule has 4 saturated carbocycles. The summed E-state index contributed by atoms with van der Waals surface area (Å²) in [6.45, 7) is 21.1. The van der Waals surface area contributed by atoms with Crippen molar-refractivity contribution in [3.63, 3.8) is 0 Å². The number of halogens is 7. The van der Waals surface area contributed by atoms with Crippen LogP contribution in [0.2, 0.25) is 29.1 Å². The minimum Gasteiger partial charge on any atom is -0.366 e. The molecule has 0 aromatic heterocycles. The lowest BCUT2D eigenvalue weighted by atomic mass is 9.85. The minimum atomic E-state index is -0.704. The SMILES string of the molecule is C=O.C=O.C=O.C=O.C=O.C=O.C=O.C=O.CC1CC(F)C(CCOP)C1.CNF.II.[B]C1CC(F)C(CCOP)C1.[B]C1CC(I)C(CCOP)C1.[B]C1CC(I)C(CCOP)C1.[B]C1CC=CC1.[B]C1CC=CC1. The standard InChI is InChI=1S/C8H16FOP.C7H13BFOP.2C7H13BIOP.2C5H7B.CH4FN.8CH2O.I2/c1-6-4-7(2-3-10-11)8(9)5-6;3*8-6-3-5(1-2-10-11)7(9)4-6;2*6-5-3-1-2-4-5;1-3-2;9*1-2/h6-8H,2-5,11H2,1H3;3*5-7H,1-4,11H2;2*1-2,5H,3-4H2;3H,1H3;8*1H2;. The van der Waals surface area contributed by atoms with E-state index in [1.807, 2.05) is 54.3 Å². The Morgan fingerprint density at radius 3 is 0.831 bits per heavy atom. The fraction of sp³-hybridized carbons (Fsp3) is 0.750. The predicted octanol–water partition coefficient (Wildman–Crippen LogP) is 12.1. The molecule has 0 saturated heterocycles. The molecule has 10 radical (unpaired) electrons. The molecule has 0 aliphatic heterocycles. The van der Waals surface area contributed by atoms with Crippen LogP contribution >= 0.6 is 120 Å².